The Hall–Kier alpha value is -2.41. The van der Waals surface area contributed by atoms with Crippen LogP contribution in [0.25, 0.3) is 5.69 Å². The van der Waals surface area contributed by atoms with Crippen LogP contribution in [0.1, 0.15) is 18.2 Å². The van der Waals surface area contributed by atoms with Gasteiger partial charge >= 0.3 is 0 Å². The first-order valence-electron chi connectivity index (χ1n) is 5.98. The summed E-state index contributed by atoms with van der Waals surface area (Å²) in [5.74, 6) is 0. The lowest BCUT2D eigenvalue weighted by atomic mass is 10.2. The van der Waals surface area contributed by atoms with E-state index in [1.165, 1.54) is 4.68 Å². The van der Waals surface area contributed by atoms with Crippen molar-refractivity contribution in [3.05, 3.63) is 51.9 Å². The number of H-pyrrole nitrogens is 1. The van der Waals surface area contributed by atoms with E-state index < -0.39 is 0 Å². The Morgan fingerprint density at radius 3 is 2.65 bits per heavy atom. The summed E-state index contributed by atoms with van der Waals surface area (Å²) in [5, 5.41) is 7.08. The SMILES string of the molecule is CC(=NNC(N)=S)c1c(C)[nH]n(-c2ccccc2)c1=O. The molecule has 0 aliphatic carbocycles. The fraction of sp³-hybridized carbons (Fsp3) is 0.154. The Labute approximate surface area is 121 Å². The van der Waals surface area contributed by atoms with E-state index in [0.29, 0.717) is 11.3 Å². The van der Waals surface area contributed by atoms with Crippen LogP contribution in [-0.2, 0) is 0 Å². The van der Waals surface area contributed by atoms with E-state index in [4.69, 9.17) is 5.73 Å². The van der Waals surface area contributed by atoms with Crippen molar-refractivity contribution >= 4 is 23.0 Å². The van der Waals surface area contributed by atoms with E-state index in [0.717, 1.165) is 11.4 Å². The molecule has 0 spiro atoms. The molecule has 0 bridgehead atoms. The number of nitrogens with one attached hydrogen (secondary N) is 2. The highest BCUT2D eigenvalue weighted by molar-refractivity contribution is 7.80. The molecule has 1 aromatic heterocycles. The molecule has 104 valence electrons. The Kier molecular flexibility index (Phi) is 3.99. The van der Waals surface area contributed by atoms with E-state index >= 15 is 0 Å². The number of hydrazone groups is 1. The topological polar surface area (TPSA) is 88.2 Å². The van der Waals surface area contributed by atoms with E-state index in [9.17, 15) is 4.79 Å². The third-order valence-electron chi connectivity index (χ3n) is 2.78. The van der Waals surface area contributed by atoms with Crippen LogP contribution >= 0.6 is 12.2 Å². The molecule has 7 heteroatoms. The summed E-state index contributed by atoms with van der Waals surface area (Å²) >= 11 is 4.68. The van der Waals surface area contributed by atoms with Crippen molar-refractivity contribution in [2.24, 2.45) is 10.8 Å². The summed E-state index contributed by atoms with van der Waals surface area (Å²) in [4.78, 5) is 12.4. The van der Waals surface area contributed by atoms with E-state index in [1.54, 1.807) is 6.92 Å². The van der Waals surface area contributed by atoms with Gasteiger partial charge in [0.1, 0.15) is 0 Å². The van der Waals surface area contributed by atoms with Gasteiger partial charge in [0.15, 0.2) is 5.11 Å². The van der Waals surface area contributed by atoms with Gasteiger partial charge in [-0.05, 0) is 38.2 Å². The van der Waals surface area contributed by atoms with Gasteiger partial charge in [-0.2, -0.15) is 5.10 Å². The van der Waals surface area contributed by atoms with Crippen molar-refractivity contribution in [3.63, 3.8) is 0 Å². The molecular formula is C13H15N5OS. The van der Waals surface area contributed by atoms with Crippen LogP contribution in [0.3, 0.4) is 0 Å². The van der Waals surface area contributed by atoms with Crippen LogP contribution in [-0.4, -0.2) is 20.6 Å². The van der Waals surface area contributed by atoms with Crippen LogP contribution in [0, 0.1) is 6.92 Å². The minimum absolute atomic E-state index is 0.0564. The molecule has 0 radical (unpaired) electrons. The van der Waals surface area contributed by atoms with Crippen LogP contribution in [0.4, 0.5) is 0 Å². The summed E-state index contributed by atoms with van der Waals surface area (Å²) < 4.78 is 1.48. The third-order valence-corrected chi connectivity index (χ3v) is 2.87. The zero-order valence-electron chi connectivity index (χ0n) is 11.2. The molecule has 2 rings (SSSR count). The first-order chi connectivity index (χ1) is 9.50. The second-order valence-electron chi connectivity index (χ2n) is 4.26. The second-order valence-corrected chi connectivity index (χ2v) is 4.70. The molecule has 0 fully saturated rings. The first kappa shape index (κ1) is 14.0. The predicted octanol–water partition coefficient (Wildman–Crippen LogP) is 1.03. The van der Waals surface area contributed by atoms with Gasteiger partial charge in [-0.25, -0.2) is 4.68 Å². The molecule has 6 nitrogen and oxygen atoms in total. The molecule has 20 heavy (non-hydrogen) atoms. The number of aryl methyl sites for hydroxylation is 1. The normalized spacial score (nSPS) is 11.4. The highest BCUT2D eigenvalue weighted by Gasteiger charge is 2.14. The fourth-order valence-corrected chi connectivity index (χ4v) is 1.97. The number of nitrogens with two attached hydrogens (primary N) is 1. The number of hydrogen-bond donors (Lipinski definition) is 3. The average Bonchev–Trinajstić information content (AvgIpc) is 2.72. The third kappa shape index (κ3) is 2.77. The monoisotopic (exact) mass is 289 g/mol. The summed E-state index contributed by atoms with van der Waals surface area (Å²) in [5.41, 5.74) is 10.1. The van der Waals surface area contributed by atoms with Crippen LogP contribution in [0.5, 0.6) is 0 Å². The molecule has 0 unspecified atom stereocenters. The smallest absolute Gasteiger partial charge is 0.280 e. The molecule has 0 aliphatic rings. The number of para-hydroxylation sites is 1. The maximum atomic E-state index is 12.4. The van der Waals surface area contributed by atoms with Crippen molar-refractivity contribution in [2.75, 3.05) is 0 Å². The minimum Gasteiger partial charge on any atom is -0.375 e. The van der Waals surface area contributed by atoms with Crippen molar-refractivity contribution < 1.29 is 0 Å². The van der Waals surface area contributed by atoms with Gasteiger partial charge in [-0.3, -0.25) is 15.3 Å². The lowest BCUT2D eigenvalue weighted by Gasteiger charge is -2.00. The first-order valence-corrected chi connectivity index (χ1v) is 6.38. The summed E-state index contributed by atoms with van der Waals surface area (Å²) in [6, 6.07) is 9.33. The maximum Gasteiger partial charge on any atom is 0.280 e. The van der Waals surface area contributed by atoms with E-state index in [1.807, 2.05) is 37.3 Å². The molecule has 1 aromatic carbocycles. The quantitative estimate of drug-likeness (QED) is 0.447. The highest BCUT2D eigenvalue weighted by atomic mass is 32.1. The second kappa shape index (κ2) is 5.70. The van der Waals surface area contributed by atoms with Crippen LogP contribution in [0.15, 0.2) is 40.2 Å². The summed E-state index contributed by atoms with van der Waals surface area (Å²) in [6.45, 7) is 3.54. The van der Waals surface area contributed by atoms with Gasteiger partial charge < -0.3 is 5.73 Å². The molecule has 0 saturated heterocycles. The molecule has 0 saturated carbocycles. The van der Waals surface area contributed by atoms with Gasteiger partial charge in [-0.1, -0.05) is 18.2 Å². The van der Waals surface area contributed by atoms with Crippen molar-refractivity contribution in [1.29, 1.82) is 0 Å². The van der Waals surface area contributed by atoms with E-state index in [2.05, 4.69) is 27.8 Å². The van der Waals surface area contributed by atoms with Gasteiger partial charge in [0.2, 0.25) is 0 Å². The fourth-order valence-electron chi connectivity index (χ4n) is 1.93. The Morgan fingerprint density at radius 1 is 1.40 bits per heavy atom. The summed E-state index contributed by atoms with van der Waals surface area (Å²) in [7, 11) is 0. The van der Waals surface area contributed by atoms with Crippen molar-refractivity contribution in [2.45, 2.75) is 13.8 Å². The van der Waals surface area contributed by atoms with Crippen LogP contribution in [0.2, 0.25) is 0 Å². The molecular weight excluding hydrogens is 274 g/mol. The Bertz CT molecular complexity index is 714. The van der Waals surface area contributed by atoms with Crippen molar-refractivity contribution in [3.8, 4) is 5.69 Å². The number of rotatable bonds is 3. The number of benzene rings is 1. The zero-order chi connectivity index (χ0) is 14.7. The lowest BCUT2D eigenvalue weighted by Crippen LogP contribution is -2.26. The van der Waals surface area contributed by atoms with Gasteiger partial charge in [-0.15, -0.1) is 0 Å². The lowest BCUT2D eigenvalue weighted by molar-refractivity contribution is 0.835. The van der Waals surface area contributed by atoms with Crippen LogP contribution < -0.4 is 16.7 Å². The molecule has 1 heterocycles. The van der Waals surface area contributed by atoms with Gasteiger partial charge in [0, 0.05) is 5.69 Å². The van der Waals surface area contributed by atoms with Gasteiger partial charge in [0.25, 0.3) is 5.56 Å². The average molecular weight is 289 g/mol. The predicted molar refractivity (Wildman–Crippen MR) is 83.3 cm³/mol. The molecule has 0 aliphatic heterocycles. The molecule has 0 amide bonds. The largest absolute Gasteiger partial charge is 0.375 e. The maximum absolute atomic E-state index is 12.4. The minimum atomic E-state index is -0.167. The Morgan fingerprint density at radius 2 is 2.05 bits per heavy atom. The molecule has 0 atom stereocenters. The highest BCUT2D eigenvalue weighted by Crippen LogP contribution is 2.07. The number of aromatic amines is 1. The number of thiocarbonyl (C=S) groups is 1. The number of hydrogen-bond acceptors (Lipinski definition) is 3. The van der Waals surface area contributed by atoms with Gasteiger partial charge in [0.05, 0.1) is 17.0 Å². The number of nitrogens with zero attached hydrogens (tertiary/aromatic N) is 2. The molecule has 2 aromatic rings. The Balaban J connectivity index is 2.48. The van der Waals surface area contributed by atoms with Crippen molar-refractivity contribution in [1.82, 2.24) is 15.2 Å². The van der Waals surface area contributed by atoms with E-state index in [-0.39, 0.29) is 10.7 Å². The number of aromatic nitrogens is 2. The zero-order valence-corrected chi connectivity index (χ0v) is 12.0. The molecule has 4 N–H and O–H groups in total. The summed E-state index contributed by atoms with van der Waals surface area (Å²) in [6.07, 6.45) is 0. The standard InChI is InChI=1S/C13H15N5OS/c1-8(15-16-13(14)20)11-9(2)17-18(12(11)19)10-6-4-3-5-7-10/h3-7,17H,1-2H3,(H3,14,16,20).